The van der Waals surface area contributed by atoms with Crippen LogP contribution in [0.4, 0.5) is 0 Å². The fourth-order valence-corrected chi connectivity index (χ4v) is 2.67. The van der Waals surface area contributed by atoms with Gasteiger partial charge in [0, 0.05) is 6.08 Å². The van der Waals surface area contributed by atoms with Crippen LogP contribution in [0.2, 0.25) is 0 Å². The van der Waals surface area contributed by atoms with Crippen LogP contribution in [0, 0.1) is 22.0 Å². The Morgan fingerprint density at radius 1 is 1.31 bits per heavy atom. The quantitative estimate of drug-likeness (QED) is 0.343. The number of carbonyl (C=O) groups excluding carboxylic acids is 1. The maximum absolute atomic E-state index is 12.2. The molecule has 0 saturated heterocycles. The molecule has 8 nitrogen and oxygen atoms in total. The van der Waals surface area contributed by atoms with Gasteiger partial charge in [0.2, 0.25) is 0 Å². The number of esters is 1. The van der Waals surface area contributed by atoms with E-state index in [0.717, 1.165) is 0 Å². The van der Waals surface area contributed by atoms with Crippen molar-refractivity contribution in [1.82, 2.24) is 0 Å². The summed E-state index contributed by atoms with van der Waals surface area (Å²) in [6.45, 7) is -0.546. The van der Waals surface area contributed by atoms with E-state index >= 15 is 0 Å². The molecular formula is C18H19NO7. The summed E-state index contributed by atoms with van der Waals surface area (Å²) >= 11 is 0. The number of nitrogens with zero attached hydrogens (tertiary/aromatic N) is 1. The van der Waals surface area contributed by atoms with E-state index in [1.54, 1.807) is 36.4 Å². The molecule has 0 aliphatic heterocycles. The number of aliphatic carboxylic acids is 1. The first-order valence-corrected chi connectivity index (χ1v) is 7.96. The maximum Gasteiger partial charge on any atom is 0.310 e. The summed E-state index contributed by atoms with van der Waals surface area (Å²) in [5.41, 5.74) is 0.209. The molecular weight excluding hydrogens is 342 g/mol. The Labute approximate surface area is 149 Å². The topological polar surface area (TPSA) is 116 Å². The molecule has 0 fully saturated rings. The second-order valence-electron chi connectivity index (χ2n) is 5.77. The van der Waals surface area contributed by atoms with Gasteiger partial charge in [-0.1, -0.05) is 24.3 Å². The van der Waals surface area contributed by atoms with Gasteiger partial charge in [-0.2, -0.15) is 0 Å². The molecule has 8 heteroatoms. The molecule has 26 heavy (non-hydrogen) atoms. The number of hydrogen-bond acceptors (Lipinski definition) is 6. The Morgan fingerprint density at radius 3 is 2.62 bits per heavy atom. The van der Waals surface area contributed by atoms with E-state index in [1.807, 2.05) is 0 Å². The average Bonchev–Trinajstić information content (AvgIpc) is 2.64. The van der Waals surface area contributed by atoms with Crippen LogP contribution in [0.3, 0.4) is 0 Å². The van der Waals surface area contributed by atoms with E-state index in [2.05, 4.69) is 0 Å². The molecule has 0 unspecified atom stereocenters. The van der Waals surface area contributed by atoms with Crippen molar-refractivity contribution in [2.45, 2.75) is 12.8 Å². The predicted molar refractivity (Wildman–Crippen MR) is 91.9 cm³/mol. The van der Waals surface area contributed by atoms with E-state index in [9.17, 15) is 24.8 Å². The van der Waals surface area contributed by atoms with Crippen LogP contribution in [-0.2, 0) is 14.3 Å². The molecule has 0 aromatic heterocycles. The van der Waals surface area contributed by atoms with Gasteiger partial charge >= 0.3 is 11.9 Å². The lowest BCUT2D eigenvalue weighted by Crippen LogP contribution is -2.32. The zero-order valence-electron chi connectivity index (χ0n) is 14.2. The summed E-state index contributed by atoms with van der Waals surface area (Å²) < 4.78 is 10.1. The number of ether oxygens (including phenoxy) is 2. The van der Waals surface area contributed by atoms with E-state index in [-0.39, 0.29) is 18.5 Å². The zero-order valence-corrected chi connectivity index (χ0v) is 14.2. The molecule has 1 aliphatic carbocycles. The lowest BCUT2D eigenvalue weighted by atomic mass is 9.83. The van der Waals surface area contributed by atoms with Crippen molar-refractivity contribution in [3.63, 3.8) is 0 Å². The van der Waals surface area contributed by atoms with E-state index in [1.165, 1.54) is 13.2 Å². The van der Waals surface area contributed by atoms with Gasteiger partial charge in [0.05, 0.1) is 23.9 Å². The van der Waals surface area contributed by atoms with Crippen LogP contribution in [-0.4, -0.2) is 35.7 Å². The lowest BCUT2D eigenvalue weighted by Gasteiger charge is -2.23. The number of hydrogen-bond donors (Lipinski definition) is 1. The number of methoxy groups -OCH3 is 1. The molecule has 1 aliphatic rings. The minimum Gasteiger partial charge on any atom is -0.497 e. The molecule has 2 rings (SSSR count). The van der Waals surface area contributed by atoms with Gasteiger partial charge in [-0.05, 0) is 30.5 Å². The summed E-state index contributed by atoms with van der Waals surface area (Å²) in [7, 11) is 1.48. The Balaban J connectivity index is 2.09. The number of rotatable bonds is 7. The van der Waals surface area contributed by atoms with Gasteiger partial charge < -0.3 is 14.6 Å². The Kier molecular flexibility index (Phi) is 6.48. The van der Waals surface area contributed by atoms with Gasteiger partial charge in [0.15, 0.2) is 6.61 Å². The zero-order chi connectivity index (χ0) is 19.1. The van der Waals surface area contributed by atoms with Crippen molar-refractivity contribution in [1.29, 1.82) is 0 Å². The first-order chi connectivity index (χ1) is 12.4. The number of allylic oxidation sites excluding steroid dienone is 2. The third-order valence-corrected chi connectivity index (χ3v) is 4.08. The van der Waals surface area contributed by atoms with Crippen molar-refractivity contribution in [3.05, 3.63) is 57.8 Å². The van der Waals surface area contributed by atoms with E-state index < -0.39 is 35.3 Å². The molecule has 1 aromatic rings. The number of carbonyl (C=O) groups is 2. The molecule has 0 spiro atoms. The van der Waals surface area contributed by atoms with Crippen molar-refractivity contribution < 1.29 is 29.1 Å². The normalized spacial score (nSPS) is 19.7. The molecule has 2 atom stereocenters. The van der Waals surface area contributed by atoms with Gasteiger partial charge in [0.1, 0.15) is 5.75 Å². The number of carboxylic acids is 1. The highest BCUT2D eigenvalue weighted by Gasteiger charge is 2.35. The molecule has 0 heterocycles. The molecule has 0 saturated carbocycles. The van der Waals surface area contributed by atoms with Crippen molar-refractivity contribution in [2.24, 2.45) is 11.8 Å². The second-order valence-corrected chi connectivity index (χ2v) is 5.77. The van der Waals surface area contributed by atoms with Crippen LogP contribution in [0.1, 0.15) is 18.4 Å². The van der Waals surface area contributed by atoms with Crippen LogP contribution in [0.5, 0.6) is 5.75 Å². The molecule has 0 amide bonds. The van der Waals surface area contributed by atoms with Crippen LogP contribution in [0.15, 0.2) is 42.1 Å². The average molecular weight is 361 g/mol. The minimum absolute atomic E-state index is 0.233. The van der Waals surface area contributed by atoms with Gasteiger partial charge in [0.25, 0.3) is 5.70 Å². The third-order valence-electron chi connectivity index (χ3n) is 4.08. The summed E-state index contributed by atoms with van der Waals surface area (Å²) in [4.78, 5) is 34.0. The highest BCUT2D eigenvalue weighted by atomic mass is 16.6. The first-order valence-electron chi connectivity index (χ1n) is 7.96. The van der Waals surface area contributed by atoms with Crippen LogP contribution < -0.4 is 4.74 Å². The fourth-order valence-electron chi connectivity index (χ4n) is 2.67. The number of nitro groups is 1. The Bertz CT molecular complexity index is 754. The second kappa shape index (κ2) is 8.80. The van der Waals surface area contributed by atoms with Crippen molar-refractivity contribution >= 4 is 18.0 Å². The lowest BCUT2D eigenvalue weighted by molar-refractivity contribution is -0.428. The number of carboxylic acid groups (broad SMARTS) is 1. The fraction of sp³-hybridized carbons (Fsp3) is 0.333. The monoisotopic (exact) mass is 361 g/mol. The third kappa shape index (κ3) is 4.92. The van der Waals surface area contributed by atoms with Crippen LogP contribution >= 0.6 is 0 Å². The van der Waals surface area contributed by atoms with E-state index in [0.29, 0.717) is 11.3 Å². The molecule has 0 radical (unpaired) electrons. The van der Waals surface area contributed by atoms with Gasteiger partial charge in [-0.3, -0.25) is 19.7 Å². The molecule has 1 aromatic carbocycles. The first kappa shape index (κ1) is 19.2. The largest absolute Gasteiger partial charge is 0.497 e. The highest BCUT2D eigenvalue weighted by Crippen LogP contribution is 2.27. The minimum atomic E-state index is -1.09. The number of benzene rings is 1. The Hall–Kier alpha value is -3.16. The summed E-state index contributed by atoms with van der Waals surface area (Å²) in [6.07, 6.45) is 5.17. The smallest absolute Gasteiger partial charge is 0.310 e. The predicted octanol–water partition coefficient (Wildman–Crippen LogP) is 2.52. The van der Waals surface area contributed by atoms with Gasteiger partial charge in [-0.15, -0.1) is 0 Å². The molecule has 1 N–H and O–H groups in total. The standard InChI is InChI=1S/C18H19NO7/c1-25-14-6-4-5-12(10-14)9-13(19(23)24)11-26-18(22)16-8-3-2-7-15(16)17(20)21/h2-6,9-10,15-16H,7-8,11H2,1H3,(H,20,21)/b13-9+/t15-,16+/m1/s1. The van der Waals surface area contributed by atoms with Crippen molar-refractivity contribution in [3.8, 4) is 5.75 Å². The summed E-state index contributed by atoms with van der Waals surface area (Å²) in [6, 6.07) is 6.64. The molecule has 138 valence electrons. The summed E-state index contributed by atoms with van der Waals surface area (Å²) in [5.74, 6) is -3.02. The van der Waals surface area contributed by atoms with Crippen molar-refractivity contribution in [2.75, 3.05) is 13.7 Å². The summed E-state index contributed by atoms with van der Waals surface area (Å²) in [5, 5.41) is 20.4. The highest BCUT2D eigenvalue weighted by molar-refractivity contribution is 5.81. The maximum atomic E-state index is 12.2. The van der Waals surface area contributed by atoms with Crippen LogP contribution in [0.25, 0.3) is 6.08 Å². The van der Waals surface area contributed by atoms with E-state index in [4.69, 9.17) is 9.47 Å². The van der Waals surface area contributed by atoms with Gasteiger partial charge in [-0.25, -0.2) is 0 Å². The molecule has 0 bridgehead atoms. The SMILES string of the molecule is COc1cccc(/C=C(\COC(=O)[C@H]2CC=CC[C@H]2C(=O)O)[N+](=O)[O-])c1. The Morgan fingerprint density at radius 2 is 2.00 bits per heavy atom.